The van der Waals surface area contributed by atoms with Crippen molar-refractivity contribution in [2.45, 2.75) is 71.9 Å². The van der Waals surface area contributed by atoms with Gasteiger partial charge in [0.25, 0.3) is 0 Å². The maximum atomic E-state index is 12.2. The third-order valence-electron chi connectivity index (χ3n) is 3.48. The van der Waals surface area contributed by atoms with E-state index < -0.39 is 0 Å². The zero-order valence-corrected chi connectivity index (χ0v) is 14.3. The Balaban J connectivity index is 4.21. The molecule has 0 spiro atoms. The molecule has 0 saturated heterocycles. The van der Waals surface area contributed by atoms with E-state index in [9.17, 15) is 4.79 Å². The molecule has 4 heteroatoms. The van der Waals surface area contributed by atoms with E-state index >= 15 is 0 Å². The molecule has 0 aromatic carbocycles. The van der Waals surface area contributed by atoms with E-state index in [1.54, 1.807) is 6.08 Å². The van der Waals surface area contributed by atoms with Gasteiger partial charge in [0, 0.05) is 6.54 Å². The second kappa shape index (κ2) is 13.0. The normalized spacial score (nSPS) is 12.5. The van der Waals surface area contributed by atoms with Crippen molar-refractivity contribution in [1.29, 1.82) is 0 Å². The molecule has 4 nitrogen and oxygen atoms in total. The molecule has 0 saturated carbocycles. The summed E-state index contributed by atoms with van der Waals surface area (Å²) in [6.07, 6.45) is 6.90. The number of carbonyl (C=O) groups is 1. The molecule has 0 aliphatic rings. The van der Waals surface area contributed by atoms with Crippen molar-refractivity contribution in [1.82, 2.24) is 5.32 Å². The highest BCUT2D eigenvalue weighted by Gasteiger charge is 2.15. The Hall–Kier alpha value is -0.710. The Bertz CT molecular complexity index is 295. The van der Waals surface area contributed by atoms with Gasteiger partial charge in [0.15, 0.2) is 5.78 Å². The summed E-state index contributed by atoms with van der Waals surface area (Å²) in [5.41, 5.74) is 6.56. The van der Waals surface area contributed by atoms with Crippen LogP contribution in [0.15, 0.2) is 11.6 Å². The van der Waals surface area contributed by atoms with Crippen LogP contribution in [0.1, 0.15) is 59.8 Å². The van der Waals surface area contributed by atoms with Crippen molar-refractivity contribution in [3.8, 4) is 0 Å². The van der Waals surface area contributed by atoms with Gasteiger partial charge in [-0.15, -0.1) is 0 Å². The molecular formula is C17H34N2O2. The van der Waals surface area contributed by atoms with Crippen molar-refractivity contribution < 1.29 is 9.53 Å². The number of ether oxygens (including phenoxy) is 1. The van der Waals surface area contributed by atoms with Crippen LogP contribution in [0.25, 0.3) is 0 Å². The van der Waals surface area contributed by atoms with E-state index in [1.807, 2.05) is 13.8 Å². The van der Waals surface area contributed by atoms with Gasteiger partial charge in [-0.25, -0.2) is 0 Å². The highest BCUT2D eigenvalue weighted by atomic mass is 16.5. The number of nitrogens with two attached hydrogens (primary N) is 1. The second-order valence-electron chi connectivity index (χ2n) is 5.72. The Morgan fingerprint density at radius 3 is 2.43 bits per heavy atom. The quantitative estimate of drug-likeness (QED) is 0.405. The van der Waals surface area contributed by atoms with Crippen LogP contribution >= 0.6 is 0 Å². The summed E-state index contributed by atoms with van der Waals surface area (Å²) in [5, 5.41) is 3.33. The first kappa shape index (κ1) is 20.3. The number of hydrogen-bond donors (Lipinski definition) is 2. The van der Waals surface area contributed by atoms with E-state index in [0.717, 1.165) is 37.7 Å². The highest BCUT2D eigenvalue weighted by Crippen LogP contribution is 2.05. The molecule has 124 valence electrons. The number of allylic oxidation sites excluding steroid dienone is 1. The van der Waals surface area contributed by atoms with Crippen molar-refractivity contribution in [2.24, 2.45) is 5.73 Å². The number of ketones is 1. The standard InChI is InChI=1S/C17H34N2O2/c1-5-15(6-2)21-12-11-19-16(9-7-8-10-18)17(20)13-14(3)4/h13,15-16,19H,5-12,18H2,1-4H3. The fourth-order valence-corrected chi connectivity index (χ4v) is 2.21. The number of hydrogen-bond acceptors (Lipinski definition) is 4. The van der Waals surface area contributed by atoms with E-state index in [1.165, 1.54) is 0 Å². The number of unbranched alkanes of at least 4 members (excludes halogenated alkanes) is 1. The minimum Gasteiger partial charge on any atom is -0.377 e. The Morgan fingerprint density at radius 2 is 1.90 bits per heavy atom. The van der Waals surface area contributed by atoms with Crippen LogP contribution in [0.5, 0.6) is 0 Å². The van der Waals surface area contributed by atoms with Gasteiger partial charge in [0.05, 0.1) is 18.8 Å². The molecule has 0 rings (SSSR count). The molecule has 21 heavy (non-hydrogen) atoms. The van der Waals surface area contributed by atoms with Crippen LogP contribution in [0.3, 0.4) is 0 Å². The van der Waals surface area contributed by atoms with Crippen molar-refractivity contribution in [2.75, 3.05) is 19.7 Å². The molecule has 0 heterocycles. The highest BCUT2D eigenvalue weighted by molar-refractivity contribution is 5.94. The molecule has 1 atom stereocenters. The van der Waals surface area contributed by atoms with Crippen molar-refractivity contribution in [3.63, 3.8) is 0 Å². The van der Waals surface area contributed by atoms with Gasteiger partial charge in [-0.3, -0.25) is 4.79 Å². The molecule has 0 aromatic rings. The SMILES string of the molecule is CCC(CC)OCCNC(CCCCN)C(=O)C=C(C)C. The predicted octanol–water partition coefficient (Wildman–Crippen LogP) is 2.81. The Morgan fingerprint density at radius 1 is 1.24 bits per heavy atom. The largest absolute Gasteiger partial charge is 0.377 e. The molecule has 1 unspecified atom stereocenters. The average Bonchev–Trinajstić information content (AvgIpc) is 2.44. The first-order chi connectivity index (χ1) is 10.0. The summed E-state index contributed by atoms with van der Waals surface area (Å²) in [4.78, 5) is 12.2. The number of nitrogens with one attached hydrogen (secondary N) is 1. The molecule has 0 aromatic heterocycles. The predicted molar refractivity (Wildman–Crippen MR) is 89.5 cm³/mol. The van der Waals surface area contributed by atoms with E-state index in [-0.39, 0.29) is 11.8 Å². The van der Waals surface area contributed by atoms with Crippen LogP contribution in [0.4, 0.5) is 0 Å². The molecule has 0 fully saturated rings. The van der Waals surface area contributed by atoms with Gasteiger partial charge in [0.1, 0.15) is 0 Å². The first-order valence-corrected chi connectivity index (χ1v) is 8.28. The van der Waals surface area contributed by atoms with Crippen molar-refractivity contribution >= 4 is 5.78 Å². The molecule has 0 amide bonds. The summed E-state index contributed by atoms with van der Waals surface area (Å²) in [6, 6.07) is -0.114. The average molecular weight is 298 g/mol. The van der Waals surface area contributed by atoms with Crippen LogP contribution < -0.4 is 11.1 Å². The molecule has 3 N–H and O–H groups in total. The summed E-state index contributed by atoms with van der Waals surface area (Å²) in [5.74, 6) is 0.162. The Kier molecular flexibility index (Phi) is 12.5. The third-order valence-corrected chi connectivity index (χ3v) is 3.48. The van der Waals surface area contributed by atoms with Gasteiger partial charge in [-0.2, -0.15) is 0 Å². The maximum absolute atomic E-state index is 12.2. The smallest absolute Gasteiger partial charge is 0.172 e. The summed E-state index contributed by atoms with van der Waals surface area (Å²) in [7, 11) is 0. The first-order valence-electron chi connectivity index (χ1n) is 8.28. The molecule has 0 bridgehead atoms. The van der Waals surface area contributed by atoms with Crippen LogP contribution in [0, 0.1) is 0 Å². The van der Waals surface area contributed by atoms with Crippen LogP contribution in [0.2, 0.25) is 0 Å². The third kappa shape index (κ3) is 10.6. The molecule has 0 aliphatic heterocycles. The fourth-order valence-electron chi connectivity index (χ4n) is 2.21. The lowest BCUT2D eigenvalue weighted by Gasteiger charge is -2.18. The molecular weight excluding hydrogens is 264 g/mol. The molecule has 0 aliphatic carbocycles. The topological polar surface area (TPSA) is 64.3 Å². The van der Waals surface area contributed by atoms with Crippen LogP contribution in [-0.4, -0.2) is 37.6 Å². The van der Waals surface area contributed by atoms with Gasteiger partial charge in [0.2, 0.25) is 0 Å². The molecule has 0 radical (unpaired) electrons. The van der Waals surface area contributed by atoms with Gasteiger partial charge >= 0.3 is 0 Å². The van der Waals surface area contributed by atoms with E-state index in [2.05, 4.69) is 19.2 Å². The summed E-state index contributed by atoms with van der Waals surface area (Å²) in [6.45, 7) is 10.2. The van der Waals surface area contributed by atoms with E-state index in [0.29, 0.717) is 25.8 Å². The lowest BCUT2D eigenvalue weighted by Crippen LogP contribution is -2.38. The second-order valence-corrected chi connectivity index (χ2v) is 5.72. The minimum atomic E-state index is -0.114. The lowest BCUT2D eigenvalue weighted by molar-refractivity contribution is -0.116. The minimum absolute atomic E-state index is 0.114. The lowest BCUT2D eigenvalue weighted by atomic mass is 10.0. The zero-order valence-electron chi connectivity index (χ0n) is 14.3. The zero-order chi connectivity index (χ0) is 16.1. The summed E-state index contributed by atoms with van der Waals surface area (Å²) < 4.78 is 5.77. The maximum Gasteiger partial charge on any atom is 0.172 e. The number of rotatable bonds is 13. The van der Waals surface area contributed by atoms with Gasteiger partial charge in [-0.1, -0.05) is 25.8 Å². The monoisotopic (exact) mass is 298 g/mol. The van der Waals surface area contributed by atoms with Crippen molar-refractivity contribution in [3.05, 3.63) is 11.6 Å². The fraction of sp³-hybridized carbons (Fsp3) is 0.824. The van der Waals surface area contributed by atoms with Gasteiger partial charge < -0.3 is 15.8 Å². The summed E-state index contributed by atoms with van der Waals surface area (Å²) >= 11 is 0. The van der Waals surface area contributed by atoms with E-state index in [4.69, 9.17) is 10.5 Å². The Labute approximate surface area is 130 Å². The van der Waals surface area contributed by atoms with Gasteiger partial charge in [-0.05, 0) is 52.2 Å². The van der Waals surface area contributed by atoms with Crippen LogP contribution in [-0.2, 0) is 9.53 Å². The number of carbonyl (C=O) groups excluding carboxylic acids is 1.